The van der Waals surface area contributed by atoms with Gasteiger partial charge in [-0.3, -0.25) is 14.0 Å². The molecule has 3 aromatic carbocycles. The minimum atomic E-state index is -3.75. The van der Waals surface area contributed by atoms with Gasteiger partial charge in [0.25, 0.3) is 15.9 Å². The molecule has 1 aromatic heterocycles. The van der Waals surface area contributed by atoms with Crippen LogP contribution in [-0.2, 0) is 21.2 Å². The van der Waals surface area contributed by atoms with Gasteiger partial charge in [-0.05, 0) is 73.7 Å². The van der Waals surface area contributed by atoms with E-state index < -0.39 is 10.0 Å². The van der Waals surface area contributed by atoms with Crippen LogP contribution in [0.3, 0.4) is 0 Å². The number of thiazole rings is 1. The third kappa shape index (κ3) is 4.47. The highest BCUT2D eigenvalue weighted by molar-refractivity contribution is 7.92. The average Bonchev–Trinajstić information content (AvgIpc) is 3.69. The Hall–Kier alpha value is -2.98. The Morgan fingerprint density at radius 2 is 1.95 bits per heavy atom. The number of hydrogen-bond donors (Lipinski definition) is 0. The lowest BCUT2D eigenvalue weighted by atomic mass is 10.2. The normalized spacial score (nSPS) is 17.2. The number of sulfonamides is 1. The first-order chi connectivity index (χ1) is 18.3. The molecule has 3 heterocycles. The number of carbonyl (C=O) groups excluding carboxylic acids is 1. The monoisotopic (exact) mass is 567 g/mol. The van der Waals surface area contributed by atoms with Crippen LogP contribution in [0.1, 0.15) is 34.3 Å². The highest BCUT2D eigenvalue weighted by atomic mass is 35.5. The summed E-state index contributed by atoms with van der Waals surface area (Å²) in [6, 6.07) is 17.4. The highest BCUT2D eigenvalue weighted by Gasteiger charge is 2.32. The van der Waals surface area contributed by atoms with Crippen LogP contribution in [0.4, 0.5) is 10.8 Å². The smallest absolute Gasteiger partial charge is 0.264 e. The first kappa shape index (κ1) is 25.3. The van der Waals surface area contributed by atoms with Gasteiger partial charge in [-0.1, -0.05) is 47.2 Å². The molecule has 196 valence electrons. The van der Waals surface area contributed by atoms with Crippen LogP contribution < -0.4 is 9.21 Å². The van der Waals surface area contributed by atoms with Gasteiger partial charge in [0, 0.05) is 18.7 Å². The summed E-state index contributed by atoms with van der Waals surface area (Å²) in [5.74, 6) is -0.260. The van der Waals surface area contributed by atoms with E-state index in [1.165, 1.54) is 27.8 Å². The second-order valence-corrected chi connectivity index (χ2v) is 12.8. The average molecular weight is 568 g/mol. The van der Waals surface area contributed by atoms with Crippen LogP contribution in [0.5, 0.6) is 0 Å². The zero-order valence-electron chi connectivity index (χ0n) is 20.8. The summed E-state index contributed by atoms with van der Waals surface area (Å²) in [5.41, 5.74) is 3.86. The third-order valence-corrected chi connectivity index (χ3v) is 10.5. The molecule has 0 radical (unpaired) electrons. The van der Waals surface area contributed by atoms with Crippen LogP contribution >= 0.6 is 22.9 Å². The number of aromatic nitrogens is 1. The number of fused-ring (bicyclic) bond motifs is 2. The Bertz CT molecular complexity index is 1590. The van der Waals surface area contributed by atoms with Crippen LogP contribution in [-0.4, -0.2) is 45.1 Å². The molecule has 1 unspecified atom stereocenters. The second kappa shape index (κ2) is 9.96. The number of amides is 1. The Balaban J connectivity index is 1.32. The zero-order chi connectivity index (χ0) is 26.4. The van der Waals surface area contributed by atoms with Gasteiger partial charge < -0.3 is 4.74 Å². The number of aryl methyl sites for hydroxylation is 1. The van der Waals surface area contributed by atoms with Crippen molar-refractivity contribution in [2.24, 2.45) is 0 Å². The number of rotatable bonds is 6. The van der Waals surface area contributed by atoms with Crippen molar-refractivity contribution in [3.63, 3.8) is 0 Å². The van der Waals surface area contributed by atoms with E-state index in [2.05, 4.69) is 0 Å². The summed E-state index contributed by atoms with van der Waals surface area (Å²) in [7, 11) is -3.75. The van der Waals surface area contributed by atoms with Gasteiger partial charge in [0.05, 0.1) is 38.5 Å². The molecule has 1 amide bonds. The van der Waals surface area contributed by atoms with Crippen molar-refractivity contribution >= 4 is 59.9 Å². The summed E-state index contributed by atoms with van der Waals surface area (Å²) >= 11 is 7.82. The molecule has 6 rings (SSSR count). The Labute approximate surface area is 230 Å². The lowest BCUT2D eigenvalue weighted by Gasteiger charge is -2.23. The lowest BCUT2D eigenvalue weighted by molar-refractivity contribution is 0.0917. The van der Waals surface area contributed by atoms with Gasteiger partial charge >= 0.3 is 0 Å². The molecule has 1 saturated heterocycles. The van der Waals surface area contributed by atoms with Crippen molar-refractivity contribution in [2.45, 2.75) is 37.2 Å². The van der Waals surface area contributed by atoms with Crippen molar-refractivity contribution in [2.75, 3.05) is 28.9 Å². The van der Waals surface area contributed by atoms with E-state index in [1.807, 2.05) is 43.3 Å². The zero-order valence-corrected chi connectivity index (χ0v) is 23.2. The van der Waals surface area contributed by atoms with Crippen LogP contribution in [0.25, 0.3) is 10.2 Å². The van der Waals surface area contributed by atoms with E-state index >= 15 is 0 Å². The summed E-state index contributed by atoms with van der Waals surface area (Å²) in [4.78, 5) is 20.4. The van der Waals surface area contributed by atoms with Gasteiger partial charge in [-0.25, -0.2) is 13.4 Å². The quantitative estimate of drug-likeness (QED) is 0.293. The number of halogens is 1. The lowest BCUT2D eigenvalue weighted by Crippen LogP contribution is -2.37. The SMILES string of the molecule is Cc1ccc(Cl)c2sc(N(CC3CCCO3)C(=O)c3ccc(S(=O)(=O)N4CCc5ccccc54)cc3)nc12. The Morgan fingerprint density at radius 1 is 1.16 bits per heavy atom. The fourth-order valence-corrected chi connectivity index (χ4v) is 7.88. The van der Waals surface area contributed by atoms with E-state index in [0.717, 1.165) is 34.2 Å². The number of para-hydroxylation sites is 1. The molecule has 2 aliphatic rings. The Kier molecular flexibility index (Phi) is 6.63. The molecule has 1 fully saturated rings. The van der Waals surface area contributed by atoms with Crippen LogP contribution in [0, 0.1) is 6.92 Å². The molecule has 38 heavy (non-hydrogen) atoms. The van der Waals surface area contributed by atoms with Gasteiger partial charge in [0.15, 0.2) is 5.13 Å². The molecule has 0 spiro atoms. The van der Waals surface area contributed by atoms with E-state index in [1.54, 1.807) is 17.0 Å². The number of carbonyl (C=O) groups is 1. The first-order valence-corrected chi connectivity index (χ1v) is 15.2. The molecule has 4 aromatic rings. The molecule has 2 aliphatic heterocycles. The maximum atomic E-state index is 13.8. The highest BCUT2D eigenvalue weighted by Crippen LogP contribution is 2.37. The van der Waals surface area contributed by atoms with Crippen molar-refractivity contribution < 1.29 is 17.9 Å². The standard InChI is InChI=1S/C28H26ClN3O4S2/c1-18-8-13-23(29)26-25(18)30-28(37-26)31(17-21-6-4-16-36-21)27(33)20-9-11-22(12-10-20)38(34,35)32-15-14-19-5-2-3-7-24(19)32/h2-3,5,7-13,21H,4,6,14-17H2,1H3. The molecule has 0 saturated carbocycles. The largest absolute Gasteiger partial charge is 0.376 e. The molecule has 10 heteroatoms. The maximum Gasteiger partial charge on any atom is 0.264 e. The van der Waals surface area contributed by atoms with Crippen molar-refractivity contribution in [1.82, 2.24) is 4.98 Å². The molecule has 7 nitrogen and oxygen atoms in total. The number of anilines is 2. The minimum absolute atomic E-state index is 0.0857. The second-order valence-electron chi connectivity index (χ2n) is 9.57. The van der Waals surface area contributed by atoms with Gasteiger partial charge in [-0.2, -0.15) is 0 Å². The molecular weight excluding hydrogens is 542 g/mol. The van der Waals surface area contributed by atoms with Crippen molar-refractivity contribution in [3.8, 4) is 0 Å². The Morgan fingerprint density at radius 3 is 2.68 bits per heavy atom. The fourth-order valence-electron chi connectivity index (χ4n) is 5.06. The van der Waals surface area contributed by atoms with E-state index in [4.69, 9.17) is 21.3 Å². The topological polar surface area (TPSA) is 79.8 Å². The van der Waals surface area contributed by atoms with Crippen LogP contribution in [0.15, 0.2) is 65.6 Å². The molecule has 0 N–H and O–H groups in total. The number of nitrogens with zero attached hydrogens (tertiary/aromatic N) is 3. The molecular formula is C28H26ClN3O4S2. The summed E-state index contributed by atoms with van der Waals surface area (Å²) in [5, 5.41) is 1.14. The van der Waals surface area contributed by atoms with E-state index in [0.29, 0.717) is 47.5 Å². The maximum absolute atomic E-state index is 13.8. The van der Waals surface area contributed by atoms with Gasteiger partial charge in [0.2, 0.25) is 0 Å². The minimum Gasteiger partial charge on any atom is -0.376 e. The molecule has 0 aliphatic carbocycles. The molecule has 0 bridgehead atoms. The van der Waals surface area contributed by atoms with Gasteiger partial charge in [-0.15, -0.1) is 0 Å². The van der Waals surface area contributed by atoms with Crippen LogP contribution in [0.2, 0.25) is 5.02 Å². The predicted octanol–water partition coefficient (Wildman–Crippen LogP) is 5.84. The first-order valence-electron chi connectivity index (χ1n) is 12.5. The summed E-state index contributed by atoms with van der Waals surface area (Å²) in [6.45, 7) is 3.40. The molecule has 1 atom stereocenters. The van der Waals surface area contributed by atoms with E-state index in [-0.39, 0.29) is 16.9 Å². The number of benzene rings is 3. The van der Waals surface area contributed by atoms with Crippen molar-refractivity contribution in [3.05, 3.63) is 82.4 Å². The predicted molar refractivity (Wildman–Crippen MR) is 151 cm³/mol. The summed E-state index contributed by atoms with van der Waals surface area (Å²) in [6.07, 6.45) is 2.40. The fraction of sp³-hybridized carbons (Fsp3) is 0.286. The third-order valence-electron chi connectivity index (χ3n) is 7.11. The summed E-state index contributed by atoms with van der Waals surface area (Å²) < 4.78 is 34.9. The number of hydrogen-bond acceptors (Lipinski definition) is 6. The van der Waals surface area contributed by atoms with E-state index in [9.17, 15) is 13.2 Å². The number of ether oxygens (including phenoxy) is 1. The van der Waals surface area contributed by atoms with Crippen molar-refractivity contribution in [1.29, 1.82) is 0 Å². The van der Waals surface area contributed by atoms with Gasteiger partial charge in [0.1, 0.15) is 0 Å².